The van der Waals surface area contributed by atoms with Crippen LogP contribution in [0.4, 0.5) is 0 Å². The Morgan fingerprint density at radius 2 is 0.529 bits per heavy atom. The highest BCUT2D eigenvalue weighted by atomic mass is 16.2. The van der Waals surface area contributed by atoms with Gasteiger partial charge in [-0.15, -0.1) is 0 Å². The minimum Gasteiger partial charge on any atom is -0.370 e. The highest BCUT2D eigenvalue weighted by Crippen LogP contribution is 2.16. The lowest BCUT2D eigenvalue weighted by atomic mass is 9.96. The average molecular weight is 1480 g/mol. The molecular formula is C70H131N19O15. The molecule has 0 spiro atoms. The Hall–Kier alpha value is -8.11. The van der Waals surface area contributed by atoms with E-state index in [4.69, 9.17) is 34.4 Å². The lowest BCUT2D eigenvalue weighted by Crippen LogP contribution is -2.60. The van der Waals surface area contributed by atoms with Gasteiger partial charge in [0.1, 0.15) is 78.5 Å². The van der Waals surface area contributed by atoms with E-state index in [2.05, 4.69) is 69.1 Å². The first kappa shape index (κ1) is 95.9. The van der Waals surface area contributed by atoms with Crippen LogP contribution in [0.3, 0.4) is 0 Å². The molecular weight excluding hydrogens is 1350 g/mol. The van der Waals surface area contributed by atoms with Gasteiger partial charge in [0.05, 0.1) is 12.5 Å². The summed E-state index contributed by atoms with van der Waals surface area (Å²) in [6, 6.07) is -17.3. The summed E-state index contributed by atoms with van der Waals surface area (Å²) in [5, 5.41) is 34.1. The molecule has 25 N–H and O–H groups in total. The van der Waals surface area contributed by atoms with Crippen molar-refractivity contribution in [2.45, 2.75) is 298 Å². The summed E-state index contributed by atoms with van der Waals surface area (Å²) >= 11 is 0. The molecule has 0 aromatic rings. The molecule has 15 amide bonds. The Morgan fingerprint density at radius 3 is 0.856 bits per heavy atom. The molecule has 0 unspecified atom stereocenters. The summed E-state index contributed by atoms with van der Waals surface area (Å²) in [6.07, 6.45) is 3.63. The zero-order valence-corrected chi connectivity index (χ0v) is 64.6. The summed E-state index contributed by atoms with van der Waals surface area (Å²) in [5.74, 6) is -13.0. The third kappa shape index (κ3) is 37.5. The van der Waals surface area contributed by atoms with E-state index >= 15 is 0 Å². The Bertz CT molecular complexity index is 2790. The fourth-order valence-electron chi connectivity index (χ4n) is 10.8. The van der Waals surface area contributed by atoms with Crippen LogP contribution in [0.5, 0.6) is 0 Å². The second-order valence-corrected chi connectivity index (χ2v) is 29.1. The zero-order chi connectivity index (χ0) is 79.8. The summed E-state index contributed by atoms with van der Waals surface area (Å²) in [4.78, 5) is 204. The topological polar surface area (TPSA) is 569 Å². The molecule has 0 saturated heterocycles. The molecule has 34 nitrogen and oxygen atoms in total. The molecule has 0 aromatic heterocycles. The van der Waals surface area contributed by atoms with Gasteiger partial charge < -0.3 is 104 Å². The minimum atomic E-state index is -1.48. The lowest BCUT2D eigenvalue weighted by Gasteiger charge is -2.29. The minimum absolute atomic E-state index is 0.00729. The number of rotatable bonds is 53. The summed E-state index contributed by atoms with van der Waals surface area (Å²) in [5.41, 5.74) is 34.4. The largest absolute Gasteiger partial charge is 0.370 e. The first-order valence-electron chi connectivity index (χ1n) is 37.0. The number of hydrogen-bond donors (Lipinski definition) is 19. The van der Waals surface area contributed by atoms with Crippen molar-refractivity contribution in [1.29, 1.82) is 0 Å². The van der Waals surface area contributed by atoms with Crippen LogP contribution < -0.4 is 104 Å². The van der Waals surface area contributed by atoms with Gasteiger partial charge in [0.2, 0.25) is 88.6 Å². The van der Waals surface area contributed by atoms with Gasteiger partial charge in [-0.25, -0.2) is 0 Å². The lowest BCUT2D eigenvalue weighted by molar-refractivity contribution is -0.136. The highest BCUT2D eigenvalue weighted by molar-refractivity contribution is 6.00. The molecule has 596 valence electrons. The van der Waals surface area contributed by atoms with Crippen molar-refractivity contribution in [2.24, 2.45) is 69.9 Å². The normalized spacial score (nSPS) is 16.0. The standard InChI is InChI=1S/C70H131N19O15/c1-17-40(11)55(75)69(103)88-53(35-54(74)90)68(102)87-52(34-39(9)10)67(101)83-46(25-19-22-28-71)62(96)78-45(16)61(95)86-50(32-37(5)6)65(99)79-42(13)58(92)77-43(14)60(94)85-51(33-38(7)8)66(100)80-44(15)59(93)81-47(26-20-23-29-72)63(97)82-48(27-21-24-30-73)64(98)89-56(41(12)18-2)70(104)84-49(57(76)91)31-36(3)4/h36-53,55-56H,17-35,71-73,75H2,1-16H3,(H2,74,90)(H2,76,91)(H,77,92)(H,78,96)(H,79,99)(H,80,100)(H,81,93)(H,82,97)(H,83,101)(H,84,104)(H,85,94)(H,86,95)(H,87,102)(H,88,103)(H,89,98)/t40-,41-,42-,43-,44-,45-,46-,47-,48-,49+,50-,51-,52-,53-,55-,56-/m0/s1. The molecule has 34 heteroatoms. The molecule has 16 atom stereocenters. The molecule has 0 aliphatic rings. The molecule has 0 heterocycles. The fraction of sp³-hybridized carbons (Fsp3) is 0.786. The molecule has 0 aliphatic heterocycles. The van der Waals surface area contributed by atoms with E-state index in [0.717, 1.165) is 0 Å². The Labute approximate surface area is 615 Å². The number of nitrogens with two attached hydrogens (primary N) is 6. The number of hydrogen-bond acceptors (Lipinski definition) is 19. The number of amides is 15. The van der Waals surface area contributed by atoms with E-state index in [9.17, 15) is 71.9 Å². The van der Waals surface area contributed by atoms with Crippen molar-refractivity contribution in [3.05, 3.63) is 0 Å². The monoisotopic (exact) mass is 1480 g/mol. The predicted octanol–water partition coefficient (Wildman–Crippen LogP) is -2.28. The summed E-state index contributed by atoms with van der Waals surface area (Å²) in [7, 11) is 0. The third-order valence-electron chi connectivity index (χ3n) is 17.5. The fourth-order valence-corrected chi connectivity index (χ4v) is 10.8. The van der Waals surface area contributed by atoms with Crippen molar-refractivity contribution in [3.8, 4) is 0 Å². The number of primary amides is 2. The van der Waals surface area contributed by atoms with Crippen LogP contribution in [0.1, 0.15) is 214 Å². The van der Waals surface area contributed by atoms with Crippen LogP contribution in [0, 0.1) is 35.5 Å². The molecule has 0 radical (unpaired) electrons. The van der Waals surface area contributed by atoms with Crippen molar-refractivity contribution in [2.75, 3.05) is 19.6 Å². The SMILES string of the molecule is CC[C@H](C)[C@H](N)C(=O)N[C@@H](CC(N)=O)C(=O)N[C@@H](CC(C)C)C(=O)N[C@@H](CCCCN)C(=O)N[C@@H](C)C(=O)N[C@@H](CC(C)C)C(=O)N[C@@H](C)C(=O)N[C@@H](C)C(=O)N[C@@H](CC(C)C)C(=O)N[C@@H](C)C(=O)N[C@@H](CCCCN)C(=O)N[C@@H](CCCCN)C(=O)N[C@H](C(=O)N[C@H](CC(C)C)C(N)=O)[C@@H](C)CC. The van der Waals surface area contributed by atoms with Crippen LogP contribution >= 0.6 is 0 Å². The molecule has 0 aromatic carbocycles. The van der Waals surface area contributed by atoms with Crippen LogP contribution in [0.2, 0.25) is 0 Å². The van der Waals surface area contributed by atoms with E-state index in [0.29, 0.717) is 57.9 Å². The maximum atomic E-state index is 14.2. The van der Waals surface area contributed by atoms with E-state index < -0.39 is 186 Å². The molecule has 0 rings (SSSR count). The van der Waals surface area contributed by atoms with Gasteiger partial charge >= 0.3 is 0 Å². The number of nitrogens with one attached hydrogen (secondary N) is 13. The molecule has 104 heavy (non-hydrogen) atoms. The van der Waals surface area contributed by atoms with E-state index in [1.54, 1.807) is 55.4 Å². The van der Waals surface area contributed by atoms with E-state index in [-0.39, 0.29) is 87.6 Å². The van der Waals surface area contributed by atoms with Gasteiger partial charge in [0.25, 0.3) is 0 Å². The summed E-state index contributed by atoms with van der Waals surface area (Å²) < 4.78 is 0. The first-order chi connectivity index (χ1) is 48.6. The molecule has 0 saturated carbocycles. The first-order valence-corrected chi connectivity index (χ1v) is 37.0. The second kappa shape index (κ2) is 50.4. The van der Waals surface area contributed by atoms with Gasteiger partial charge in [-0.05, 0) is 166 Å². The third-order valence-corrected chi connectivity index (χ3v) is 17.5. The Kier molecular flexibility index (Phi) is 46.4. The van der Waals surface area contributed by atoms with E-state index in [1.165, 1.54) is 27.7 Å². The van der Waals surface area contributed by atoms with Crippen molar-refractivity contribution >= 4 is 88.6 Å². The van der Waals surface area contributed by atoms with Gasteiger partial charge in [0, 0.05) is 0 Å². The van der Waals surface area contributed by atoms with Crippen LogP contribution in [0.15, 0.2) is 0 Å². The number of carbonyl (C=O) groups is 15. The van der Waals surface area contributed by atoms with Crippen LogP contribution in [-0.4, -0.2) is 193 Å². The molecule has 0 bridgehead atoms. The van der Waals surface area contributed by atoms with Crippen LogP contribution in [-0.2, 0) is 71.9 Å². The van der Waals surface area contributed by atoms with Crippen LogP contribution in [0.25, 0.3) is 0 Å². The molecule has 0 fully saturated rings. The molecule has 0 aliphatic carbocycles. The Balaban J connectivity index is 6.37. The average Bonchev–Trinajstić information content (AvgIpc) is 0.858. The summed E-state index contributed by atoms with van der Waals surface area (Å²) in [6.45, 7) is 27.8. The number of unbranched alkanes of at least 4 members (excludes halogenated alkanes) is 3. The van der Waals surface area contributed by atoms with Crippen molar-refractivity contribution in [3.63, 3.8) is 0 Å². The maximum absolute atomic E-state index is 14.2. The smallest absolute Gasteiger partial charge is 0.243 e. The van der Waals surface area contributed by atoms with Gasteiger partial charge in [-0.3, -0.25) is 71.9 Å². The van der Waals surface area contributed by atoms with Gasteiger partial charge in [-0.1, -0.05) is 95.9 Å². The zero-order valence-electron chi connectivity index (χ0n) is 64.6. The van der Waals surface area contributed by atoms with Gasteiger partial charge in [-0.2, -0.15) is 0 Å². The van der Waals surface area contributed by atoms with Gasteiger partial charge in [0.15, 0.2) is 0 Å². The number of carbonyl (C=O) groups excluding carboxylic acids is 15. The quantitative estimate of drug-likeness (QED) is 0.0285. The maximum Gasteiger partial charge on any atom is 0.243 e. The Morgan fingerprint density at radius 1 is 0.279 bits per heavy atom. The van der Waals surface area contributed by atoms with E-state index in [1.807, 2.05) is 27.7 Å². The predicted molar refractivity (Wildman–Crippen MR) is 394 cm³/mol. The second-order valence-electron chi connectivity index (χ2n) is 29.1. The van der Waals surface area contributed by atoms with Crippen molar-refractivity contribution in [1.82, 2.24) is 69.1 Å². The highest BCUT2D eigenvalue weighted by Gasteiger charge is 2.38. The van der Waals surface area contributed by atoms with Crippen molar-refractivity contribution < 1.29 is 71.9 Å².